The summed E-state index contributed by atoms with van der Waals surface area (Å²) in [6, 6.07) is 4.84. The van der Waals surface area contributed by atoms with Crippen LogP contribution in [0.15, 0.2) is 24.4 Å². The molecule has 1 aromatic heterocycles. The molecule has 0 radical (unpaired) electrons. The van der Waals surface area contributed by atoms with Crippen molar-refractivity contribution in [3.8, 4) is 5.75 Å². The van der Waals surface area contributed by atoms with Crippen molar-refractivity contribution < 1.29 is 22.7 Å². The lowest BCUT2D eigenvalue weighted by molar-refractivity contribution is -0.137. The first-order valence-electron chi connectivity index (χ1n) is 9.27. The lowest BCUT2D eigenvalue weighted by Gasteiger charge is -2.32. The second-order valence-electron chi connectivity index (χ2n) is 6.84. The third kappa shape index (κ3) is 4.73. The fraction of sp³-hybridized carbons (Fsp3) is 0.421. The molecule has 2 heterocycles. The molecule has 0 spiro atoms. The molecule has 1 amide bonds. The molecule has 0 unspecified atom stereocenters. The van der Waals surface area contributed by atoms with E-state index in [1.165, 1.54) is 14.2 Å². The van der Waals surface area contributed by atoms with E-state index >= 15 is 0 Å². The Kier molecular flexibility index (Phi) is 6.30. The molecule has 1 saturated heterocycles. The Morgan fingerprint density at radius 3 is 2.50 bits per heavy atom. The first-order valence-corrected chi connectivity index (χ1v) is 9.27. The summed E-state index contributed by atoms with van der Waals surface area (Å²) in [5, 5.41) is 5.27. The highest BCUT2D eigenvalue weighted by atomic mass is 19.4. The summed E-state index contributed by atoms with van der Waals surface area (Å²) >= 11 is 0. The van der Waals surface area contributed by atoms with Crippen LogP contribution in [0.25, 0.3) is 0 Å². The third-order valence-electron chi connectivity index (χ3n) is 4.82. The van der Waals surface area contributed by atoms with E-state index < -0.39 is 11.7 Å². The zero-order valence-electron chi connectivity index (χ0n) is 16.9. The lowest BCUT2D eigenvalue weighted by atomic mass is 10.1. The fourth-order valence-electron chi connectivity index (χ4n) is 3.08. The van der Waals surface area contributed by atoms with Gasteiger partial charge in [0.1, 0.15) is 17.1 Å². The molecule has 1 aromatic carbocycles. The van der Waals surface area contributed by atoms with Gasteiger partial charge in [-0.1, -0.05) is 0 Å². The number of halogens is 3. The number of nitrogens with zero attached hydrogens (tertiary/aromatic N) is 4. The van der Waals surface area contributed by atoms with Crippen molar-refractivity contribution in [3.05, 3.63) is 35.5 Å². The van der Waals surface area contributed by atoms with Gasteiger partial charge in [0.25, 0.3) is 5.91 Å². The first-order chi connectivity index (χ1) is 14.2. The van der Waals surface area contributed by atoms with Crippen molar-refractivity contribution in [3.63, 3.8) is 0 Å². The average Bonchev–Trinajstić information content (AvgIpc) is 2.73. The summed E-state index contributed by atoms with van der Waals surface area (Å²) in [6.07, 6.45) is -3.86. The van der Waals surface area contributed by atoms with E-state index in [1.807, 2.05) is 7.05 Å². The summed E-state index contributed by atoms with van der Waals surface area (Å²) in [7, 11) is 4.80. The lowest BCUT2D eigenvalue weighted by Crippen LogP contribution is -2.47. The Bertz CT molecular complexity index is 914. The number of alkyl halides is 3. The number of carbonyl (C=O) groups is 1. The van der Waals surface area contributed by atoms with Crippen LogP contribution in [-0.2, 0) is 6.18 Å². The van der Waals surface area contributed by atoms with Gasteiger partial charge in [-0.2, -0.15) is 18.2 Å². The van der Waals surface area contributed by atoms with Crippen molar-refractivity contribution in [1.82, 2.24) is 19.8 Å². The summed E-state index contributed by atoms with van der Waals surface area (Å²) in [5.74, 6) is -0.134. The van der Waals surface area contributed by atoms with E-state index in [4.69, 9.17) is 4.74 Å². The maximum Gasteiger partial charge on any atom is 0.421 e. The van der Waals surface area contributed by atoms with Gasteiger partial charge in [-0.15, -0.1) is 0 Å². The smallest absolute Gasteiger partial charge is 0.421 e. The number of benzene rings is 1. The van der Waals surface area contributed by atoms with E-state index in [-0.39, 0.29) is 17.7 Å². The second kappa shape index (κ2) is 8.74. The van der Waals surface area contributed by atoms with Crippen LogP contribution in [0.3, 0.4) is 0 Å². The Labute approximate surface area is 172 Å². The molecule has 0 saturated carbocycles. The molecule has 2 N–H and O–H groups in total. The van der Waals surface area contributed by atoms with Crippen LogP contribution in [0.5, 0.6) is 5.75 Å². The maximum atomic E-state index is 13.0. The Balaban J connectivity index is 1.81. The van der Waals surface area contributed by atoms with Crippen molar-refractivity contribution in [2.75, 3.05) is 58.0 Å². The molecule has 8 nitrogen and oxygen atoms in total. The Morgan fingerprint density at radius 2 is 1.90 bits per heavy atom. The number of likely N-dealkylation sites (N-methyl/N-ethyl adjacent to an activating group) is 1. The number of methoxy groups -OCH3 is 1. The second-order valence-corrected chi connectivity index (χ2v) is 6.84. The molecule has 30 heavy (non-hydrogen) atoms. The molecule has 0 aliphatic carbocycles. The van der Waals surface area contributed by atoms with Crippen LogP contribution in [0, 0.1) is 0 Å². The van der Waals surface area contributed by atoms with Crippen molar-refractivity contribution in [1.29, 1.82) is 0 Å². The van der Waals surface area contributed by atoms with Gasteiger partial charge >= 0.3 is 6.18 Å². The Morgan fingerprint density at radius 1 is 1.20 bits per heavy atom. The van der Waals surface area contributed by atoms with E-state index in [2.05, 4.69) is 25.5 Å². The molecule has 0 atom stereocenters. The topological polar surface area (TPSA) is 82.6 Å². The predicted molar refractivity (Wildman–Crippen MR) is 106 cm³/mol. The van der Waals surface area contributed by atoms with Crippen molar-refractivity contribution in [2.24, 2.45) is 0 Å². The van der Waals surface area contributed by atoms with Gasteiger partial charge in [0, 0.05) is 45.0 Å². The number of hydrogen-bond acceptors (Lipinski definition) is 7. The highest BCUT2D eigenvalue weighted by molar-refractivity contribution is 5.95. The van der Waals surface area contributed by atoms with Gasteiger partial charge in [0.2, 0.25) is 5.95 Å². The minimum absolute atomic E-state index is 0.0382. The van der Waals surface area contributed by atoms with Gasteiger partial charge in [-0.25, -0.2) is 4.98 Å². The number of nitrogens with one attached hydrogen (secondary N) is 2. The van der Waals surface area contributed by atoms with Gasteiger partial charge in [-0.05, 0) is 25.2 Å². The number of rotatable bonds is 5. The van der Waals surface area contributed by atoms with Crippen LogP contribution in [0.2, 0.25) is 0 Å². The van der Waals surface area contributed by atoms with Crippen LogP contribution in [0.1, 0.15) is 15.9 Å². The minimum atomic E-state index is -4.57. The SMILES string of the molecule is CNc1nc(Nc2ccc(C(=O)N3CCN(C)CC3)cc2OC)ncc1C(F)(F)F. The number of aromatic nitrogens is 2. The van der Waals surface area contributed by atoms with E-state index in [0.29, 0.717) is 36.3 Å². The summed E-state index contributed by atoms with van der Waals surface area (Å²) in [5.41, 5.74) is -0.0731. The summed E-state index contributed by atoms with van der Waals surface area (Å²) in [4.78, 5) is 24.3. The van der Waals surface area contributed by atoms with Crippen molar-refractivity contribution >= 4 is 23.4 Å². The number of amides is 1. The first kappa shape index (κ1) is 21.6. The molecular weight excluding hydrogens is 401 g/mol. The van der Waals surface area contributed by atoms with Crippen LogP contribution in [-0.4, -0.2) is 73.1 Å². The van der Waals surface area contributed by atoms with Crippen LogP contribution >= 0.6 is 0 Å². The van der Waals surface area contributed by atoms with E-state index in [0.717, 1.165) is 13.1 Å². The molecule has 1 aliphatic rings. The Hall–Kier alpha value is -3.08. The number of anilines is 3. The average molecular weight is 424 g/mol. The highest BCUT2D eigenvalue weighted by Gasteiger charge is 2.35. The van der Waals surface area contributed by atoms with Gasteiger partial charge in [0.15, 0.2) is 0 Å². The zero-order valence-corrected chi connectivity index (χ0v) is 16.9. The molecule has 1 aliphatic heterocycles. The number of hydrogen-bond donors (Lipinski definition) is 2. The number of ether oxygens (including phenoxy) is 1. The molecule has 1 fully saturated rings. The molecule has 2 aromatic rings. The standard InChI is InChI=1S/C19H23F3N6O2/c1-23-16-13(19(20,21)22)11-24-18(26-16)25-14-5-4-12(10-15(14)30-3)17(29)28-8-6-27(2)7-9-28/h4-5,10-11H,6-9H2,1-3H3,(H2,23,24,25,26). The molecule has 3 rings (SSSR count). The maximum absolute atomic E-state index is 13.0. The van der Waals surface area contributed by atoms with Crippen LogP contribution in [0.4, 0.5) is 30.6 Å². The molecule has 11 heteroatoms. The van der Waals surface area contributed by atoms with Crippen molar-refractivity contribution in [2.45, 2.75) is 6.18 Å². The van der Waals surface area contributed by atoms with Gasteiger partial charge < -0.3 is 25.2 Å². The van der Waals surface area contributed by atoms with Gasteiger partial charge in [-0.3, -0.25) is 4.79 Å². The van der Waals surface area contributed by atoms with E-state index in [9.17, 15) is 18.0 Å². The number of carbonyl (C=O) groups excluding carboxylic acids is 1. The normalized spacial score (nSPS) is 15.1. The zero-order chi connectivity index (χ0) is 21.9. The van der Waals surface area contributed by atoms with Gasteiger partial charge in [0.05, 0.1) is 12.8 Å². The highest BCUT2D eigenvalue weighted by Crippen LogP contribution is 2.34. The third-order valence-corrected chi connectivity index (χ3v) is 4.82. The summed E-state index contributed by atoms with van der Waals surface area (Å²) < 4.78 is 44.4. The summed E-state index contributed by atoms with van der Waals surface area (Å²) in [6.45, 7) is 2.90. The quantitative estimate of drug-likeness (QED) is 0.764. The minimum Gasteiger partial charge on any atom is -0.495 e. The van der Waals surface area contributed by atoms with E-state index in [1.54, 1.807) is 23.1 Å². The van der Waals surface area contributed by atoms with Crippen LogP contribution < -0.4 is 15.4 Å². The predicted octanol–water partition coefficient (Wildman–Crippen LogP) is 2.68. The monoisotopic (exact) mass is 424 g/mol. The number of piperazine rings is 1. The molecule has 0 bridgehead atoms. The largest absolute Gasteiger partial charge is 0.495 e. The molecule has 162 valence electrons. The fourth-order valence-corrected chi connectivity index (χ4v) is 3.08. The molecular formula is C19H23F3N6O2.